The second kappa shape index (κ2) is 4.56. The van der Waals surface area contributed by atoms with Crippen LogP contribution in [-0.4, -0.2) is 27.0 Å². The van der Waals surface area contributed by atoms with E-state index in [4.69, 9.17) is 14.9 Å². The highest BCUT2D eigenvalue weighted by Gasteiger charge is 2.17. The number of carbonyl (C=O) groups is 1. The van der Waals surface area contributed by atoms with Gasteiger partial charge in [-0.3, -0.25) is 4.57 Å². The molecule has 0 amide bonds. The fourth-order valence-electron chi connectivity index (χ4n) is 0.828. The molecule has 0 aromatic rings. The molecular formula is C7H13O5P. The molecule has 5 nitrogen and oxygen atoms in total. The topological polar surface area (TPSA) is 94.8 Å². The highest BCUT2D eigenvalue weighted by Crippen LogP contribution is 2.36. The third-order valence-electron chi connectivity index (χ3n) is 1.51. The van der Waals surface area contributed by atoms with Gasteiger partial charge in [-0.25, -0.2) is 4.79 Å². The predicted molar refractivity (Wildman–Crippen MR) is 47.5 cm³/mol. The van der Waals surface area contributed by atoms with Crippen molar-refractivity contribution in [3.05, 3.63) is 11.1 Å². The molecule has 76 valence electrons. The highest BCUT2D eigenvalue weighted by atomic mass is 31.2. The van der Waals surface area contributed by atoms with Gasteiger partial charge in [-0.05, 0) is 20.3 Å². The van der Waals surface area contributed by atoms with Crippen molar-refractivity contribution in [2.45, 2.75) is 20.3 Å². The fraction of sp³-hybridized carbons (Fsp3) is 0.571. The summed E-state index contributed by atoms with van der Waals surface area (Å²) in [5.74, 6) is -1.12. The molecule has 0 fully saturated rings. The molecule has 0 radical (unpaired) electrons. The van der Waals surface area contributed by atoms with Crippen LogP contribution in [0.25, 0.3) is 0 Å². The Morgan fingerprint density at radius 3 is 2.00 bits per heavy atom. The van der Waals surface area contributed by atoms with Gasteiger partial charge in [-0.15, -0.1) is 0 Å². The third-order valence-corrected chi connectivity index (χ3v) is 2.32. The van der Waals surface area contributed by atoms with Gasteiger partial charge in [0.1, 0.15) is 0 Å². The lowest BCUT2D eigenvalue weighted by Gasteiger charge is -2.05. The molecule has 0 heterocycles. The van der Waals surface area contributed by atoms with Gasteiger partial charge in [0.05, 0.1) is 6.16 Å². The van der Waals surface area contributed by atoms with Crippen molar-refractivity contribution < 1.29 is 24.3 Å². The normalized spacial score (nSPS) is 11.1. The summed E-state index contributed by atoms with van der Waals surface area (Å²) in [7, 11) is -4.10. The van der Waals surface area contributed by atoms with Crippen molar-refractivity contribution in [2.75, 3.05) is 6.16 Å². The average Bonchev–Trinajstić information content (AvgIpc) is 1.82. The van der Waals surface area contributed by atoms with Gasteiger partial charge in [0.15, 0.2) is 0 Å². The molecule has 0 unspecified atom stereocenters. The first-order chi connectivity index (χ1) is 5.74. The van der Waals surface area contributed by atoms with E-state index in [0.29, 0.717) is 5.57 Å². The van der Waals surface area contributed by atoms with Gasteiger partial charge in [-0.1, -0.05) is 5.57 Å². The summed E-state index contributed by atoms with van der Waals surface area (Å²) >= 11 is 0. The van der Waals surface area contributed by atoms with Crippen molar-refractivity contribution >= 4 is 13.6 Å². The zero-order valence-corrected chi connectivity index (χ0v) is 8.41. The zero-order valence-electron chi connectivity index (χ0n) is 7.52. The quantitative estimate of drug-likeness (QED) is 0.472. The van der Waals surface area contributed by atoms with Crippen LogP contribution in [0.2, 0.25) is 0 Å². The van der Waals surface area contributed by atoms with Gasteiger partial charge in [0.2, 0.25) is 0 Å². The fourth-order valence-corrected chi connectivity index (χ4v) is 1.34. The van der Waals surface area contributed by atoms with Crippen molar-refractivity contribution in [2.24, 2.45) is 0 Å². The Morgan fingerprint density at radius 2 is 1.77 bits per heavy atom. The van der Waals surface area contributed by atoms with Crippen LogP contribution in [0, 0.1) is 0 Å². The van der Waals surface area contributed by atoms with Crippen LogP contribution >= 0.6 is 7.60 Å². The van der Waals surface area contributed by atoms with Crippen LogP contribution < -0.4 is 0 Å². The molecule has 3 N–H and O–H groups in total. The Bertz CT molecular complexity index is 271. The van der Waals surface area contributed by atoms with Gasteiger partial charge in [0.25, 0.3) is 0 Å². The van der Waals surface area contributed by atoms with Crippen LogP contribution in [0.3, 0.4) is 0 Å². The lowest BCUT2D eigenvalue weighted by molar-refractivity contribution is -0.132. The van der Waals surface area contributed by atoms with Crippen LogP contribution in [0.4, 0.5) is 0 Å². The maximum atomic E-state index is 10.5. The molecule has 0 aliphatic heterocycles. The molecule has 6 heteroatoms. The van der Waals surface area contributed by atoms with Gasteiger partial charge in [0, 0.05) is 5.57 Å². The summed E-state index contributed by atoms with van der Waals surface area (Å²) in [6.07, 6.45) is -0.512. The van der Waals surface area contributed by atoms with E-state index in [1.165, 1.54) is 0 Å². The summed E-state index contributed by atoms with van der Waals surface area (Å²) in [5, 5.41) is 8.63. The maximum Gasteiger partial charge on any atom is 0.331 e. The lowest BCUT2D eigenvalue weighted by Crippen LogP contribution is -2.05. The number of carboxylic acid groups (broad SMARTS) is 1. The molecule has 0 aliphatic rings. The number of hydrogen-bond donors (Lipinski definition) is 3. The number of hydrogen-bond acceptors (Lipinski definition) is 2. The Balaban J connectivity index is 4.42. The number of allylic oxidation sites excluding steroid dienone is 1. The van der Waals surface area contributed by atoms with E-state index in [1.54, 1.807) is 13.8 Å². The van der Waals surface area contributed by atoms with Crippen molar-refractivity contribution in [1.82, 2.24) is 0 Å². The Morgan fingerprint density at radius 1 is 1.31 bits per heavy atom. The molecule has 13 heavy (non-hydrogen) atoms. The first kappa shape index (κ1) is 12.4. The summed E-state index contributed by atoms with van der Waals surface area (Å²) < 4.78 is 10.5. The van der Waals surface area contributed by atoms with Crippen LogP contribution in [0.1, 0.15) is 20.3 Å². The monoisotopic (exact) mass is 208 g/mol. The van der Waals surface area contributed by atoms with Gasteiger partial charge in [-0.2, -0.15) is 0 Å². The average molecular weight is 208 g/mol. The van der Waals surface area contributed by atoms with E-state index in [-0.39, 0.29) is 12.0 Å². The van der Waals surface area contributed by atoms with Crippen molar-refractivity contribution in [1.29, 1.82) is 0 Å². The molecule has 0 saturated heterocycles. The van der Waals surface area contributed by atoms with E-state index in [0.717, 1.165) is 0 Å². The summed E-state index contributed by atoms with van der Waals surface area (Å²) in [6, 6.07) is 0. The lowest BCUT2D eigenvalue weighted by atomic mass is 10.1. The smallest absolute Gasteiger partial charge is 0.331 e. The largest absolute Gasteiger partial charge is 0.478 e. The minimum Gasteiger partial charge on any atom is -0.478 e. The summed E-state index contributed by atoms with van der Waals surface area (Å²) in [6.45, 7) is 3.20. The number of carboxylic acids is 1. The number of aliphatic carboxylic acids is 1. The van der Waals surface area contributed by atoms with Crippen LogP contribution in [0.5, 0.6) is 0 Å². The van der Waals surface area contributed by atoms with E-state index in [2.05, 4.69) is 0 Å². The second-order valence-electron chi connectivity index (χ2n) is 2.92. The van der Waals surface area contributed by atoms with Gasteiger partial charge >= 0.3 is 13.6 Å². The zero-order chi connectivity index (χ0) is 10.6. The Kier molecular flexibility index (Phi) is 4.33. The highest BCUT2D eigenvalue weighted by molar-refractivity contribution is 7.51. The Labute approximate surface area is 76.2 Å². The Hall–Kier alpha value is -0.640. The molecule has 0 aliphatic carbocycles. The first-order valence-corrected chi connectivity index (χ1v) is 5.48. The maximum absolute atomic E-state index is 10.5. The molecule has 0 aromatic heterocycles. The SMILES string of the molecule is CC(C)=C(CCP(=O)(O)O)C(=O)O. The molecule has 0 atom stereocenters. The van der Waals surface area contributed by atoms with E-state index in [9.17, 15) is 9.36 Å². The summed E-state index contributed by atoms with van der Waals surface area (Å²) in [5.41, 5.74) is 0.643. The molecule has 0 bridgehead atoms. The molecule has 0 spiro atoms. The molecule has 0 saturated carbocycles. The molecular weight excluding hydrogens is 195 g/mol. The van der Waals surface area contributed by atoms with E-state index < -0.39 is 19.7 Å². The minimum atomic E-state index is -4.10. The third kappa shape index (κ3) is 5.58. The van der Waals surface area contributed by atoms with Crippen LogP contribution in [0.15, 0.2) is 11.1 Å². The van der Waals surface area contributed by atoms with Crippen molar-refractivity contribution in [3.8, 4) is 0 Å². The number of rotatable bonds is 4. The van der Waals surface area contributed by atoms with E-state index in [1.807, 2.05) is 0 Å². The van der Waals surface area contributed by atoms with E-state index >= 15 is 0 Å². The standard InChI is InChI=1S/C7H13O5P/c1-5(2)6(7(8)9)3-4-13(10,11)12/h3-4H2,1-2H3,(H,8,9)(H2,10,11,12). The second-order valence-corrected chi connectivity index (χ2v) is 4.70. The minimum absolute atomic E-state index is 0.0725. The molecule has 0 aromatic carbocycles. The predicted octanol–water partition coefficient (Wildman–Crippen LogP) is 0.975. The summed E-state index contributed by atoms with van der Waals surface area (Å²) in [4.78, 5) is 27.6. The van der Waals surface area contributed by atoms with Crippen LogP contribution in [-0.2, 0) is 9.36 Å². The van der Waals surface area contributed by atoms with Crippen molar-refractivity contribution in [3.63, 3.8) is 0 Å². The molecule has 0 rings (SSSR count). The van der Waals surface area contributed by atoms with Gasteiger partial charge < -0.3 is 14.9 Å². The first-order valence-electron chi connectivity index (χ1n) is 3.68.